The summed E-state index contributed by atoms with van der Waals surface area (Å²) >= 11 is 3.52. The van der Waals surface area contributed by atoms with Crippen molar-refractivity contribution < 1.29 is 4.74 Å². The average molecular weight is 270 g/mol. The monoisotopic (exact) mass is 269 g/mol. The van der Waals surface area contributed by atoms with Gasteiger partial charge in [0.2, 0.25) is 0 Å². The molecule has 3 heteroatoms. The minimum Gasteiger partial charge on any atom is -0.489 e. The second-order valence-electron chi connectivity index (χ2n) is 4.10. The third-order valence-electron chi connectivity index (χ3n) is 2.76. The largest absolute Gasteiger partial charge is 0.489 e. The molecule has 0 bridgehead atoms. The molecule has 2 rings (SSSR count). The Hall–Kier alpha value is -0.540. The van der Waals surface area contributed by atoms with Crippen molar-refractivity contribution in [2.75, 3.05) is 13.1 Å². The molecule has 0 spiro atoms. The van der Waals surface area contributed by atoms with Crippen LogP contribution >= 0.6 is 15.9 Å². The maximum Gasteiger partial charge on any atom is 0.123 e. The first kappa shape index (κ1) is 11.0. The van der Waals surface area contributed by atoms with Crippen molar-refractivity contribution >= 4 is 15.9 Å². The molecule has 1 atom stereocenters. The van der Waals surface area contributed by atoms with Crippen LogP contribution in [0.15, 0.2) is 16.6 Å². The fourth-order valence-electron chi connectivity index (χ4n) is 1.79. The summed E-state index contributed by atoms with van der Waals surface area (Å²) in [5.41, 5.74) is 2.42. The molecule has 0 aliphatic carbocycles. The Morgan fingerprint density at radius 1 is 1.33 bits per heavy atom. The van der Waals surface area contributed by atoms with Gasteiger partial charge in [-0.15, -0.1) is 0 Å². The van der Waals surface area contributed by atoms with Gasteiger partial charge in [-0.25, -0.2) is 0 Å². The first-order valence-electron chi connectivity index (χ1n) is 5.31. The molecular formula is C12H16BrNO. The second kappa shape index (κ2) is 4.54. The second-order valence-corrected chi connectivity index (χ2v) is 4.95. The van der Waals surface area contributed by atoms with E-state index in [2.05, 4.69) is 47.2 Å². The number of aryl methyl sites for hydroxylation is 2. The van der Waals surface area contributed by atoms with E-state index >= 15 is 0 Å². The SMILES string of the molecule is Cc1cc(OC2CCNC2)c(C)cc1Br. The summed E-state index contributed by atoms with van der Waals surface area (Å²) in [6.45, 7) is 6.21. The topological polar surface area (TPSA) is 21.3 Å². The molecule has 0 aromatic heterocycles. The number of hydrogen-bond acceptors (Lipinski definition) is 2. The Morgan fingerprint density at radius 2 is 2.13 bits per heavy atom. The molecule has 1 aromatic rings. The summed E-state index contributed by atoms with van der Waals surface area (Å²) in [4.78, 5) is 0. The minimum absolute atomic E-state index is 0.337. The Kier molecular flexibility index (Phi) is 3.32. The van der Waals surface area contributed by atoms with Crippen molar-refractivity contribution in [3.63, 3.8) is 0 Å². The van der Waals surface area contributed by atoms with Crippen LogP contribution in [0.25, 0.3) is 0 Å². The van der Waals surface area contributed by atoms with Gasteiger partial charge in [0.25, 0.3) is 0 Å². The highest BCUT2D eigenvalue weighted by Crippen LogP contribution is 2.27. The van der Waals surface area contributed by atoms with Gasteiger partial charge < -0.3 is 10.1 Å². The van der Waals surface area contributed by atoms with E-state index in [1.165, 1.54) is 11.1 Å². The van der Waals surface area contributed by atoms with Gasteiger partial charge in [0, 0.05) is 11.0 Å². The summed E-state index contributed by atoms with van der Waals surface area (Å²) in [7, 11) is 0. The molecule has 1 fully saturated rings. The molecule has 82 valence electrons. The van der Waals surface area contributed by atoms with Crippen molar-refractivity contribution in [2.24, 2.45) is 0 Å². The quantitative estimate of drug-likeness (QED) is 0.892. The van der Waals surface area contributed by atoms with Gasteiger partial charge in [-0.2, -0.15) is 0 Å². The molecule has 1 aromatic carbocycles. The van der Waals surface area contributed by atoms with E-state index in [1.807, 2.05) is 0 Å². The highest BCUT2D eigenvalue weighted by atomic mass is 79.9. The minimum atomic E-state index is 0.337. The van der Waals surface area contributed by atoms with Crippen molar-refractivity contribution in [3.05, 3.63) is 27.7 Å². The van der Waals surface area contributed by atoms with E-state index in [-0.39, 0.29) is 0 Å². The number of halogens is 1. The third kappa shape index (κ3) is 2.52. The van der Waals surface area contributed by atoms with E-state index < -0.39 is 0 Å². The number of ether oxygens (including phenoxy) is 1. The number of rotatable bonds is 2. The lowest BCUT2D eigenvalue weighted by atomic mass is 10.1. The Balaban J connectivity index is 2.16. The maximum atomic E-state index is 5.96. The zero-order chi connectivity index (χ0) is 10.8. The molecule has 1 saturated heterocycles. The third-order valence-corrected chi connectivity index (χ3v) is 3.62. The predicted molar refractivity (Wildman–Crippen MR) is 65.5 cm³/mol. The van der Waals surface area contributed by atoms with E-state index in [1.54, 1.807) is 0 Å². The first-order valence-corrected chi connectivity index (χ1v) is 6.10. The van der Waals surface area contributed by atoms with Crippen LogP contribution in [-0.4, -0.2) is 19.2 Å². The highest BCUT2D eigenvalue weighted by Gasteiger charge is 2.17. The van der Waals surface area contributed by atoms with E-state index in [9.17, 15) is 0 Å². The molecule has 0 amide bonds. The van der Waals surface area contributed by atoms with Crippen molar-refractivity contribution in [3.8, 4) is 5.75 Å². The first-order chi connectivity index (χ1) is 7.16. The van der Waals surface area contributed by atoms with Gasteiger partial charge in [0.05, 0.1) is 0 Å². The van der Waals surface area contributed by atoms with Crippen LogP contribution < -0.4 is 10.1 Å². The summed E-state index contributed by atoms with van der Waals surface area (Å²) in [6, 6.07) is 4.23. The fourth-order valence-corrected chi connectivity index (χ4v) is 2.25. The number of hydrogen-bond donors (Lipinski definition) is 1. The van der Waals surface area contributed by atoms with Gasteiger partial charge in [-0.1, -0.05) is 15.9 Å². The van der Waals surface area contributed by atoms with E-state index in [4.69, 9.17) is 4.74 Å². The fraction of sp³-hybridized carbons (Fsp3) is 0.500. The molecule has 1 aliphatic heterocycles. The Labute approximate surface area is 99.1 Å². The van der Waals surface area contributed by atoms with Gasteiger partial charge in [0.15, 0.2) is 0 Å². The van der Waals surface area contributed by atoms with E-state index in [0.29, 0.717) is 6.10 Å². The number of nitrogens with one attached hydrogen (secondary N) is 1. The van der Waals surface area contributed by atoms with Crippen LogP contribution in [0, 0.1) is 13.8 Å². The van der Waals surface area contributed by atoms with Crippen LogP contribution in [0.4, 0.5) is 0 Å². The number of benzene rings is 1. The lowest BCUT2D eigenvalue weighted by Crippen LogP contribution is -2.20. The Bertz CT molecular complexity index is 359. The van der Waals surface area contributed by atoms with Crippen molar-refractivity contribution in [1.29, 1.82) is 0 Å². The highest BCUT2D eigenvalue weighted by molar-refractivity contribution is 9.10. The molecule has 0 saturated carbocycles. The molecule has 15 heavy (non-hydrogen) atoms. The lowest BCUT2D eigenvalue weighted by molar-refractivity contribution is 0.221. The Morgan fingerprint density at radius 3 is 2.80 bits per heavy atom. The van der Waals surface area contributed by atoms with Gasteiger partial charge in [0.1, 0.15) is 11.9 Å². The van der Waals surface area contributed by atoms with Gasteiger partial charge in [-0.05, 0) is 50.1 Å². The lowest BCUT2D eigenvalue weighted by Gasteiger charge is -2.15. The summed E-state index contributed by atoms with van der Waals surface area (Å²) in [5, 5.41) is 3.30. The molecule has 2 nitrogen and oxygen atoms in total. The summed E-state index contributed by atoms with van der Waals surface area (Å²) in [5.74, 6) is 1.02. The van der Waals surface area contributed by atoms with Crippen LogP contribution in [0.2, 0.25) is 0 Å². The molecular weight excluding hydrogens is 254 g/mol. The molecule has 1 heterocycles. The van der Waals surface area contributed by atoms with E-state index in [0.717, 1.165) is 29.7 Å². The molecule has 1 unspecified atom stereocenters. The van der Waals surface area contributed by atoms with Crippen molar-refractivity contribution in [1.82, 2.24) is 5.32 Å². The normalized spacial score (nSPS) is 20.6. The van der Waals surface area contributed by atoms with Crippen LogP contribution in [0.3, 0.4) is 0 Å². The molecule has 1 aliphatic rings. The zero-order valence-electron chi connectivity index (χ0n) is 9.14. The average Bonchev–Trinajstić information content (AvgIpc) is 2.67. The van der Waals surface area contributed by atoms with Crippen LogP contribution in [-0.2, 0) is 0 Å². The zero-order valence-corrected chi connectivity index (χ0v) is 10.7. The smallest absolute Gasteiger partial charge is 0.123 e. The van der Waals surface area contributed by atoms with Gasteiger partial charge >= 0.3 is 0 Å². The standard InChI is InChI=1S/C12H16BrNO/c1-8-6-12(9(2)5-11(8)13)15-10-3-4-14-7-10/h5-6,10,14H,3-4,7H2,1-2H3. The maximum absolute atomic E-state index is 5.96. The van der Waals surface area contributed by atoms with Crippen LogP contribution in [0.5, 0.6) is 5.75 Å². The van der Waals surface area contributed by atoms with Crippen molar-refractivity contribution in [2.45, 2.75) is 26.4 Å². The van der Waals surface area contributed by atoms with Gasteiger partial charge in [-0.3, -0.25) is 0 Å². The van der Waals surface area contributed by atoms with Crippen LogP contribution in [0.1, 0.15) is 17.5 Å². The predicted octanol–water partition coefficient (Wildman–Crippen LogP) is 2.81. The summed E-state index contributed by atoms with van der Waals surface area (Å²) in [6.07, 6.45) is 1.44. The molecule has 0 radical (unpaired) electrons. The summed E-state index contributed by atoms with van der Waals surface area (Å²) < 4.78 is 7.11. The molecule has 1 N–H and O–H groups in total.